The first-order valence-electron chi connectivity index (χ1n) is 8.87. The molecule has 7 heteroatoms. The second-order valence-corrected chi connectivity index (χ2v) is 9.20. The van der Waals surface area contributed by atoms with E-state index < -0.39 is 10.0 Å². The Hall–Kier alpha value is -1.70. The van der Waals surface area contributed by atoms with Gasteiger partial charge in [-0.15, -0.1) is 0 Å². The molecule has 0 unspecified atom stereocenters. The van der Waals surface area contributed by atoms with Crippen molar-refractivity contribution in [2.45, 2.75) is 38.3 Å². The van der Waals surface area contributed by atoms with Crippen LogP contribution in [0.1, 0.15) is 30.5 Å². The van der Waals surface area contributed by atoms with Crippen LogP contribution in [0.25, 0.3) is 5.69 Å². The Balaban J connectivity index is 1.50. The van der Waals surface area contributed by atoms with Crippen molar-refractivity contribution in [1.82, 2.24) is 14.1 Å². The van der Waals surface area contributed by atoms with E-state index in [-0.39, 0.29) is 17.7 Å². The van der Waals surface area contributed by atoms with Crippen LogP contribution in [0.4, 0.5) is 0 Å². The molecule has 2 atom stereocenters. The van der Waals surface area contributed by atoms with E-state index in [0.717, 1.165) is 36.2 Å². The average Bonchev–Trinajstić information content (AvgIpc) is 3.20. The molecule has 1 aromatic heterocycles. The molecule has 2 aromatic rings. The molecule has 0 bridgehead atoms. The van der Waals surface area contributed by atoms with Crippen LogP contribution in [0.2, 0.25) is 0 Å². The summed E-state index contributed by atoms with van der Waals surface area (Å²) < 4.78 is 29.1. The SMILES string of the molecule is N[C@@H]1CC[C@H](CS(=O)(=O)N2CCc3nn(-c4ccccc4)cc3C2)C1. The first-order chi connectivity index (χ1) is 12.0. The van der Waals surface area contributed by atoms with Crippen molar-refractivity contribution in [3.8, 4) is 5.69 Å². The lowest BCUT2D eigenvalue weighted by atomic mass is 10.1. The van der Waals surface area contributed by atoms with Crippen LogP contribution in [0.15, 0.2) is 36.5 Å². The number of sulfonamides is 1. The largest absolute Gasteiger partial charge is 0.328 e. The van der Waals surface area contributed by atoms with Crippen molar-refractivity contribution in [2.24, 2.45) is 11.7 Å². The van der Waals surface area contributed by atoms with Crippen LogP contribution in [0, 0.1) is 5.92 Å². The Morgan fingerprint density at radius 3 is 2.72 bits per heavy atom. The molecule has 0 saturated heterocycles. The molecule has 0 amide bonds. The van der Waals surface area contributed by atoms with Gasteiger partial charge in [0.15, 0.2) is 0 Å². The van der Waals surface area contributed by atoms with Crippen LogP contribution in [-0.4, -0.2) is 40.8 Å². The highest BCUT2D eigenvalue weighted by Crippen LogP contribution is 2.28. The normalized spacial score (nSPS) is 24.4. The highest BCUT2D eigenvalue weighted by atomic mass is 32.2. The molecule has 2 aliphatic rings. The smallest absolute Gasteiger partial charge is 0.214 e. The molecule has 2 heterocycles. The van der Waals surface area contributed by atoms with Crippen LogP contribution in [0.5, 0.6) is 0 Å². The summed E-state index contributed by atoms with van der Waals surface area (Å²) in [4.78, 5) is 0. The van der Waals surface area contributed by atoms with Gasteiger partial charge >= 0.3 is 0 Å². The molecule has 1 fully saturated rings. The van der Waals surface area contributed by atoms with E-state index in [0.29, 0.717) is 19.5 Å². The highest BCUT2D eigenvalue weighted by Gasteiger charge is 2.33. The highest BCUT2D eigenvalue weighted by molar-refractivity contribution is 7.89. The summed E-state index contributed by atoms with van der Waals surface area (Å²) in [6.07, 6.45) is 5.31. The van der Waals surface area contributed by atoms with E-state index in [4.69, 9.17) is 5.73 Å². The van der Waals surface area contributed by atoms with E-state index in [2.05, 4.69) is 5.10 Å². The molecule has 4 rings (SSSR count). The van der Waals surface area contributed by atoms with Crippen molar-refractivity contribution in [3.63, 3.8) is 0 Å². The first-order valence-corrected chi connectivity index (χ1v) is 10.5. The summed E-state index contributed by atoms with van der Waals surface area (Å²) in [6.45, 7) is 0.934. The molecular weight excluding hydrogens is 336 g/mol. The third-order valence-electron chi connectivity index (χ3n) is 5.26. The monoisotopic (exact) mass is 360 g/mol. The standard InChI is InChI=1S/C18H24N4O2S/c19-16-7-6-14(10-16)13-25(23,24)21-9-8-18-15(11-21)12-22(20-18)17-4-2-1-3-5-17/h1-5,12,14,16H,6-11,13,19H2/t14-,16+/m0/s1. The number of para-hydroxylation sites is 1. The summed E-state index contributed by atoms with van der Waals surface area (Å²) >= 11 is 0. The van der Waals surface area contributed by atoms with Crippen molar-refractivity contribution < 1.29 is 8.42 Å². The molecule has 1 aromatic carbocycles. The molecule has 1 saturated carbocycles. The molecule has 134 valence electrons. The van der Waals surface area contributed by atoms with Gasteiger partial charge in [-0.25, -0.2) is 13.1 Å². The van der Waals surface area contributed by atoms with Crippen LogP contribution < -0.4 is 5.73 Å². The third kappa shape index (κ3) is 3.49. The third-order valence-corrected chi connectivity index (χ3v) is 7.26. The zero-order valence-corrected chi connectivity index (χ0v) is 15.0. The van der Waals surface area contributed by atoms with Gasteiger partial charge < -0.3 is 5.73 Å². The van der Waals surface area contributed by atoms with Gasteiger partial charge in [-0.05, 0) is 37.3 Å². The fraction of sp³-hybridized carbons (Fsp3) is 0.500. The zero-order chi connectivity index (χ0) is 17.4. The molecule has 1 aliphatic carbocycles. The molecular formula is C18H24N4O2S. The van der Waals surface area contributed by atoms with E-state index >= 15 is 0 Å². The quantitative estimate of drug-likeness (QED) is 0.900. The first kappa shape index (κ1) is 16.8. The van der Waals surface area contributed by atoms with Gasteiger partial charge in [0.2, 0.25) is 10.0 Å². The topological polar surface area (TPSA) is 81.2 Å². The van der Waals surface area contributed by atoms with Gasteiger partial charge in [0.05, 0.1) is 17.1 Å². The van der Waals surface area contributed by atoms with Gasteiger partial charge in [-0.2, -0.15) is 9.40 Å². The van der Waals surface area contributed by atoms with E-state index in [9.17, 15) is 8.42 Å². The number of nitrogens with zero attached hydrogens (tertiary/aromatic N) is 3. The second-order valence-electron chi connectivity index (χ2n) is 7.18. The molecule has 0 spiro atoms. The van der Waals surface area contributed by atoms with Crippen molar-refractivity contribution in [1.29, 1.82) is 0 Å². The van der Waals surface area contributed by atoms with Gasteiger partial charge in [0, 0.05) is 37.3 Å². The zero-order valence-electron chi connectivity index (χ0n) is 14.2. The van der Waals surface area contributed by atoms with E-state index in [1.54, 1.807) is 4.31 Å². The number of nitrogens with two attached hydrogens (primary N) is 1. The average molecular weight is 360 g/mol. The Bertz CT molecular complexity index is 847. The number of hydrogen-bond donors (Lipinski definition) is 1. The maximum absolute atomic E-state index is 12.8. The van der Waals surface area contributed by atoms with Gasteiger partial charge in [0.25, 0.3) is 0 Å². The summed E-state index contributed by atoms with van der Waals surface area (Å²) in [7, 11) is -3.25. The van der Waals surface area contributed by atoms with Gasteiger partial charge in [0.1, 0.15) is 0 Å². The van der Waals surface area contributed by atoms with E-state index in [1.807, 2.05) is 41.2 Å². The summed E-state index contributed by atoms with van der Waals surface area (Å²) in [5, 5.41) is 4.63. The minimum atomic E-state index is -3.25. The Labute approximate surface area is 148 Å². The summed E-state index contributed by atoms with van der Waals surface area (Å²) in [6, 6.07) is 10.1. The van der Waals surface area contributed by atoms with E-state index in [1.165, 1.54) is 0 Å². The lowest BCUT2D eigenvalue weighted by molar-refractivity contribution is 0.384. The van der Waals surface area contributed by atoms with Gasteiger partial charge in [-0.1, -0.05) is 18.2 Å². The molecule has 6 nitrogen and oxygen atoms in total. The number of aromatic nitrogens is 2. The molecule has 1 aliphatic heterocycles. The summed E-state index contributed by atoms with van der Waals surface area (Å²) in [5.41, 5.74) is 8.92. The Morgan fingerprint density at radius 1 is 1.20 bits per heavy atom. The lowest BCUT2D eigenvalue weighted by Crippen LogP contribution is -2.38. The molecule has 0 radical (unpaired) electrons. The van der Waals surface area contributed by atoms with Crippen molar-refractivity contribution >= 4 is 10.0 Å². The van der Waals surface area contributed by atoms with Crippen molar-refractivity contribution in [2.75, 3.05) is 12.3 Å². The minimum Gasteiger partial charge on any atom is -0.328 e. The number of benzene rings is 1. The predicted molar refractivity (Wildman–Crippen MR) is 96.8 cm³/mol. The summed E-state index contributed by atoms with van der Waals surface area (Å²) in [5.74, 6) is 0.427. The van der Waals surface area contributed by atoms with Crippen LogP contribution in [-0.2, 0) is 23.0 Å². The lowest BCUT2D eigenvalue weighted by Gasteiger charge is -2.26. The Kier molecular flexibility index (Phi) is 4.39. The fourth-order valence-electron chi connectivity index (χ4n) is 3.91. The minimum absolute atomic E-state index is 0.164. The van der Waals surface area contributed by atoms with Crippen LogP contribution >= 0.6 is 0 Å². The van der Waals surface area contributed by atoms with Gasteiger partial charge in [-0.3, -0.25) is 0 Å². The second kappa shape index (κ2) is 6.55. The van der Waals surface area contributed by atoms with Crippen LogP contribution in [0.3, 0.4) is 0 Å². The maximum Gasteiger partial charge on any atom is 0.214 e. The van der Waals surface area contributed by atoms with Crippen molar-refractivity contribution in [3.05, 3.63) is 47.8 Å². The number of hydrogen-bond acceptors (Lipinski definition) is 4. The molecule has 25 heavy (non-hydrogen) atoms. The Morgan fingerprint density at radius 2 is 2.00 bits per heavy atom. The molecule has 2 N–H and O–H groups in total. The number of rotatable bonds is 4. The number of fused-ring (bicyclic) bond motifs is 1. The predicted octanol–water partition coefficient (Wildman–Crippen LogP) is 1.69. The fourth-order valence-corrected chi connectivity index (χ4v) is 5.72. The maximum atomic E-state index is 12.8.